The maximum absolute atomic E-state index is 13.1. The number of morpholine rings is 1. The highest BCUT2D eigenvalue weighted by atomic mass is 16.5. The maximum atomic E-state index is 13.1. The average Bonchev–Trinajstić information content (AvgIpc) is 3.07. The van der Waals surface area contributed by atoms with Gasteiger partial charge in [-0.3, -0.25) is 9.78 Å². The third kappa shape index (κ3) is 3.58. The number of hydrogen-bond acceptors (Lipinski definition) is 6. The number of nitrogens with zero attached hydrogens (tertiary/aromatic N) is 5. The Morgan fingerprint density at radius 3 is 2.90 bits per heavy atom. The quantitative estimate of drug-likeness (QED) is 0.677. The molecule has 8 heteroatoms. The molecule has 3 aromatic rings. The van der Waals surface area contributed by atoms with Gasteiger partial charge in [-0.05, 0) is 26.0 Å². The molecule has 150 valence electrons. The van der Waals surface area contributed by atoms with Gasteiger partial charge in [-0.2, -0.15) is 5.10 Å². The van der Waals surface area contributed by atoms with Crippen molar-refractivity contribution in [2.45, 2.75) is 19.9 Å². The predicted molar refractivity (Wildman–Crippen MR) is 106 cm³/mol. The number of carbonyl (C=O) groups excluding carboxylic acids is 1. The van der Waals surface area contributed by atoms with Crippen molar-refractivity contribution in [1.29, 1.82) is 0 Å². The smallest absolute Gasteiger partial charge is 0.274 e. The number of hydrogen-bond donors (Lipinski definition) is 0. The molecule has 0 spiro atoms. The van der Waals surface area contributed by atoms with Gasteiger partial charge < -0.3 is 14.4 Å². The van der Waals surface area contributed by atoms with Crippen molar-refractivity contribution >= 4 is 5.91 Å². The topological polar surface area (TPSA) is 82.4 Å². The number of rotatable bonds is 4. The van der Waals surface area contributed by atoms with Crippen LogP contribution in [0.25, 0.3) is 5.69 Å². The van der Waals surface area contributed by atoms with E-state index in [1.807, 2.05) is 42.8 Å². The van der Waals surface area contributed by atoms with Crippen molar-refractivity contribution in [3.8, 4) is 11.4 Å². The third-order valence-electron chi connectivity index (χ3n) is 5.15. The fourth-order valence-corrected chi connectivity index (χ4v) is 3.77. The molecule has 1 aliphatic heterocycles. The molecular formula is C21H23N5O3. The molecule has 1 saturated heterocycles. The van der Waals surface area contributed by atoms with Gasteiger partial charge in [0.25, 0.3) is 5.91 Å². The fraction of sp³-hybridized carbons (Fsp3) is 0.333. The van der Waals surface area contributed by atoms with Crippen LogP contribution in [0, 0.1) is 13.8 Å². The molecule has 0 aliphatic carbocycles. The SMILES string of the molecule is COc1cccc(-n2nc(C)c([C@@H]3COCCN3C(=O)c3cnccn3)c2C)c1. The largest absolute Gasteiger partial charge is 0.497 e. The van der Waals surface area contributed by atoms with Crippen LogP contribution in [0.1, 0.15) is 33.5 Å². The van der Waals surface area contributed by atoms with Gasteiger partial charge in [0, 0.05) is 36.3 Å². The summed E-state index contributed by atoms with van der Waals surface area (Å²) >= 11 is 0. The summed E-state index contributed by atoms with van der Waals surface area (Å²) in [7, 11) is 1.64. The number of amides is 1. The van der Waals surface area contributed by atoms with Gasteiger partial charge in [0.15, 0.2) is 0 Å². The highest BCUT2D eigenvalue weighted by Crippen LogP contribution is 2.32. The van der Waals surface area contributed by atoms with Crippen molar-refractivity contribution in [2.75, 3.05) is 26.9 Å². The number of aromatic nitrogens is 4. The van der Waals surface area contributed by atoms with Crippen molar-refractivity contribution < 1.29 is 14.3 Å². The monoisotopic (exact) mass is 393 g/mol. The Bertz CT molecular complexity index is 1020. The number of aryl methyl sites for hydroxylation is 1. The predicted octanol–water partition coefficient (Wildman–Crippen LogP) is 2.50. The first-order valence-electron chi connectivity index (χ1n) is 9.45. The van der Waals surface area contributed by atoms with Crippen LogP contribution in [0.15, 0.2) is 42.9 Å². The first-order valence-corrected chi connectivity index (χ1v) is 9.45. The van der Waals surface area contributed by atoms with E-state index in [-0.39, 0.29) is 11.9 Å². The van der Waals surface area contributed by atoms with E-state index >= 15 is 0 Å². The van der Waals surface area contributed by atoms with Gasteiger partial charge in [0.1, 0.15) is 11.4 Å². The molecule has 0 unspecified atom stereocenters. The summed E-state index contributed by atoms with van der Waals surface area (Å²) in [6, 6.07) is 7.50. The summed E-state index contributed by atoms with van der Waals surface area (Å²) in [5, 5.41) is 4.74. The normalized spacial score (nSPS) is 16.7. The molecule has 0 N–H and O–H groups in total. The van der Waals surface area contributed by atoms with Crippen molar-refractivity contribution in [3.63, 3.8) is 0 Å². The van der Waals surface area contributed by atoms with Gasteiger partial charge in [0.05, 0.1) is 43.9 Å². The van der Waals surface area contributed by atoms with Crippen molar-refractivity contribution in [3.05, 3.63) is 65.5 Å². The Hall–Kier alpha value is -3.26. The molecule has 0 bridgehead atoms. The molecule has 0 radical (unpaired) electrons. The van der Waals surface area contributed by atoms with Crippen molar-refractivity contribution in [2.24, 2.45) is 0 Å². The van der Waals surface area contributed by atoms with Crippen LogP contribution in [0.5, 0.6) is 5.75 Å². The Morgan fingerprint density at radius 1 is 1.28 bits per heavy atom. The zero-order valence-corrected chi connectivity index (χ0v) is 16.7. The van der Waals surface area contributed by atoms with Gasteiger partial charge >= 0.3 is 0 Å². The van der Waals surface area contributed by atoms with Crippen LogP contribution >= 0.6 is 0 Å². The van der Waals surface area contributed by atoms with Gasteiger partial charge in [0.2, 0.25) is 0 Å². The first kappa shape index (κ1) is 19.1. The van der Waals surface area contributed by atoms with Crippen molar-refractivity contribution in [1.82, 2.24) is 24.6 Å². The van der Waals surface area contributed by atoms with E-state index in [1.165, 1.54) is 12.4 Å². The lowest BCUT2D eigenvalue weighted by Gasteiger charge is -2.35. The average molecular weight is 393 g/mol. The molecule has 4 rings (SSSR count). The van der Waals surface area contributed by atoms with Gasteiger partial charge in [-0.15, -0.1) is 0 Å². The van der Waals surface area contributed by atoms with Crippen LogP contribution in [0.2, 0.25) is 0 Å². The highest BCUT2D eigenvalue weighted by molar-refractivity contribution is 5.92. The van der Waals surface area contributed by atoms with Crippen LogP contribution in [0.4, 0.5) is 0 Å². The summed E-state index contributed by atoms with van der Waals surface area (Å²) in [6.45, 7) is 5.36. The standard InChI is InChI=1S/C21H23N5O3/c1-14-20(15(2)26(24-14)16-5-4-6-17(11-16)28-3)19-13-29-10-9-25(19)21(27)18-12-22-7-8-23-18/h4-8,11-12,19H,9-10,13H2,1-3H3/t19-/m0/s1. The van der Waals surface area contributed by atoms with Crippen LogP contribution in [-0.4, -0.2) is 57.4 Å². The van der Waals surface area contributed by atoms with E-state index in [9.17, 15) is 4.79 Å². The van der Waals surface area contributed by atoms with E-state index in [1.54, 1.807) is 18.2 Å². The summed E-state index contributed by atoms with van der Waals surface area (Å²) in [5.74, 6) is 0.608. The number of benzene rings is 1. The minimum atomic E-state index is -0.238. The second-order valence-electron chi connectivity index (χ2n) is 6.88. The van der Waals surface area contributed by atoms with E-state index < -0.39 is 0 Å². The van der Waals surface area contributed by atoms with Gasteiger partial charge in [-0.1, -0.05) is 6.07 Å². The molecule has 2 aromatic heterocycles. The summed E-state index contributed by atoms with van der Waals surface area (Å²) in [5.41, 5.74) is 4.04. The molecule has 1 atom stereocenters. The molecule has 0 saturated carbocycles. The summed E-state index contributed by atoms with van der Waals surface area (Å²) in [4.78, 5) is 23.1. The number of ether oxygens (including phenoxy) is 2. The van der Waals surface area contributed by atoms with Crippen LogP contribution in [0.3, 0.4) is 0 Å². The number of carbonyl (C=O) groups is 1. The Labute approximate surface area is 169 Å². The first-order chi connectivity index (χ1) is 14.1. The Morgan fingerprint density at radius 2 is 2.14 bits per heavy atom. The number of methoxy groups -OCH3 is 1. The highest BCUT2D eigenvalue weighted by Gasteiger charge is 2.34. The zero-order chi connectivity index (χ0) is 20.4. The lowest BCUT2D eigenvalue weighted by Crippen LogP contribution is -2.44. The van der Waals surface area contributed by atoms with Gasteiger partial charge in [-0.25, -0.2) is 9.67 Å². The summed E-state index contributed by atoms with van der Waals surface area (Å²) in [6.07, 6.45) is 4.58. The van der Waals surface area contributed by atoms with E-state index in [2.05, 4.69) is 9.97 Å². The van der Waals surface area contributed by atoms with E-state index in [4.69, 9.17) is 14.6 Å². The molecule has 1 aromatic carbocycles. The minimum absolute atomic E-state index is 0.153. The second kappa shape index (κ2) is 8.00. The maximum Gasteiger partial charge on any atom is 0.274 e. The van der Waals surface area contributed by atoms with E-state index in [0.717, 1.165) is 28.4 Å². The summed E-state index contributed by atoms with van der Waals surface area (Å²) < 4.78 is 12.9. The third-order valence-corrected chi connectivity index (χ3v) is 5.15. The van der Waals surface area contributed by atoms with Crippen LogP contribution < -0.4 is 4.74 Å². The molecule has 3 heterocycles. The van der Waals surface area contributed by atoms with E-state index in [0.29, 0.717) is 25.5 Å². The molecular weight excluding hydrogens is 370 g/mol. The minimum Gasteiger partial charge on any atom is -0.497 e. The molecule has 1 fully saturated rings. The molecule has 29 heavy (non-hydrogen) atoms. The lowest BCUT2D eigenvalue weighted by molar-refractivity contribution is -0.00337. The molecule has 1 amide bonds. The second-order valence-corrected chi connectivity index (χ2v) is 6.88. The Kier molecular flexibility index (Phi) is 5.26. The molecule has 1 aliphatic rings. The zero-order valence-electron chi connectivity index (χ0n) is 16.7. The molecule has 8 nitrogen and oxygen atoms in total. The fourth-order valence-electron chi connectivity index (χ4n) is 3.77. The lowest BCUT2D eigenvalue weighted by atomic mass is 10.0. The van der Waals surface area contributed by atoms with Crippen LogP contribution in [-0.2, 0) is 4.74 Å². The Balaban J connectivity index is 1.72.